The Morgan fingerprint density at radius 3 is 2.60 bits per heavy atom. The molecule has 0 bridgehead atoms. The van der Waals surface area contributed by atoms with Gasteiger partial charge in [0.2, 0.25) is 6.33 Å². The highest BCUT2D eigenvalue weighted by molar-refractivity contribution is 6.21. The third kappa shape index (κ3) is 2.82. The zero-order chi connectivity index (χ0) is 15.4. The molecule has 0 spiro atoms. The molecule has 0 atom stereocenters. The molecule has 1 N–H and O–H groups in total. The van der Waals surface area contributed by atoms with Gasteiger partial charge in [0.25, 0.3) is 0 Å². The summed E-state index contributed by atoms with van der Waals surface area (Å²) in [5.74, 6) is -3.31. The van der Waals surface area contributed by atoms with Crippen molar-refractivity contribution in [2.75, 3.05) is 6.61 Å². The summed E-state index contributed by atoms with van der Waals surface area (Å²) in [4.78, 5) is 36.6. The van der Waals surface area contributed by atoms with Gasteiger partial charge in [-0.2, -0.15) is 0 Å². The summed E-state index contributed by atoms with van der Waals surface area (Å²) in [6.07, 6.45) is 1.09. The highest BCUT2D eigenvalue weighted by atomic mass is 16.6. The first kappa shape index (κ1) is 15.3. The molecule has 9 nitrogen and oxygen atoms in total. The average molecular weight is 283 g/mol. The van der Waals surface area contributed by atoms with E-state index in [2.05, 4.69) is 9.72 Å². The van der Waals surface area contributed by atoms with Gasteiger partial charge in [-0.15, -0.1) is 0 Å². The predicted octanol–water partition coefficient (Wildman–Crippen LogP) is 0.750. The van der Waals surface area contributed by atoms with Crippen molar-refractivity contribution in [1.82, 2.24) is 9.55 Å². The van der Waals surface area contributed by atoms with Crippen LogP contribution in [0.15, 0.2) is 11.9 Å². The van der Waals surface area contributed by atoms with Crippen molar-refractivity contribution in [3.8, 4) is 0 Å². The lowest BCUT2D eigenvalue weighted by atomic mass is 10.1. The molecule has 0 saturated carbocycles. The van der Waals surface area contributed by atoms with Crippen LogP contribution in [0, 0.1) is 10.1 Å². The molecule has 1 aromatic heterocycles. The van der Waals surface area contributed by atoms with E-state index < -0.39 is 33.8 Å². The molecule has 108 valence electrons. The first-order valence-electron chi connectivity index (χ1n) is 5.58. The van der Waals surface area contributed by atoms with Gasteiger partial charge >= 0.3 is 11.8 Å². The summed E-state index contributed by atoms with van der Waals surface area (Å²) in [5.41, 5.74) is -0.994. The molecular formula is C11H13N3O6. The topological polar surface area (TPSA) is 125 Å². The highest BCUT2D eigenvalue weighted by Crippen LogP contribution is 2.25. The number of rotatable bonds is 5. The van der Waals surface area contributed by atoms with Crippen LogP contribution < -0.4 is 0 Å². The summed E-state index contributed by atoms with van der Waals surface area (Å²) in [6.45, 7) is 2.57. The lowest BCUT2D eigenvalue weighted by molar-refractivity contribution is -0.389. The molecule has 1 heterocycles. The molecule has 0 saturated heterocycles. The number of nitro groups is 1. The van der Waals surface area contributed by atoms with Crippen LogP contribution >= 0.6 is 0 Å². The van der Waals surface area contributed by atoms with Crippen LogP contribution in [0.1, 0.15) is 19.5 Å². The maximum atomic E-state index is 11.7. The molecule has 0 unspecified atom stereocenters. The standard InChI is InChI=1S/C11H13N3O6/c1-4-20-11(17)7(6(2)15)9(16)8-10(14(18)19)12-5-13(8)3/h5,16H,4H2,1-3H3/b9-7-. The Balaban J connectivity index is 3.51. The van der Waals surface area contributed by atoms with E-state index in [0.717, 1.165) is 17.8 Å². The Morgan fingerprint density at radius 2 is 2.15 bits per heavy atom. The van der Waals surface area contributed by atoms with Crippen LogP contribution in [-0.4, -0.2) is 37.9 Å². The number of aliphatic hydroxyl groups is 1. The molecule has 1 rings (SSSR count). The van der Waals surface area contributed by atoms with Gasteiger partial charge in [-0.05, 0) is 23.8 Å². The van der Waals surface area contributed by atoms with Gasteiger partial charge in [0.05, 0.1) is 6.61 Å². The van der Waals surface area contributed by atoms with Gasteiger partial charge in [-0.25, -0.2) is 4.79 Å². The molecule has 0 aromatic carbocycles. The van der Waals surface area contributed by atoms with E-state index in [0.29, 0.717) is 0 Å². The second-order valence-corrected chi connectivity index (χ2v) is 3.79. The van der Waals surface area contributed by atoms with Gasteiger partial charge < -0.3 is 24.5 Å². The number of esters is 1. The first-order chi connectivity index (χ1) is 9.31. The zero-order valence-corrected chi connectivity index (χ0v) is 11.1. The van der Waals surface area contributed by atoms with E-state index in [1.807, 2.05) is 0 Å². The number of aryl methyl sites for hydroxylation is 1. The molecular weight excluding hydrogens is 270 g/mol. The normalized spacial score (nSPS) is 11.8. The van der Waals surface area contributed by atoms with Crippen molar-refractivity contribution < 1.29 is 24.4 Å². The molecule has 1 aromatic rings. The number of nitrogens with zero attached hydrogens (tertiary/aromatic N) is 3. The van der Waals surface area contributed by atoms with E-state index in [-0.39, 0.29) is 12.3 Å². The van der Waals surface area contributed by atoms with Crippen LogP contribution in [0.2, 0.25) is 0 Å². The number of aliphatic hydroxyl groups excluding tert-OH is 1. The Bertz CT molecular complexity index is 601. The Kier molecular flexibility index (Phi) is 4.57. The number of carbonyl (C=O) groups excluding carboxylic acids is 2. The van der Waals surface area contributed by atoms with Crippen molar-refractivity contribution in [2.24, 2.45) is 7.05 Å². The summed E-state index contributed by atoms with van der Waals surface area (Å²) in [5, 5.41) is 20.9. The molecule has 20 heavy (non-hydrogen) atoms. The number of ether oxygens (including phenoxy) is 1. The van der Waals surface area contributed by atoms with Crippen molar-refractivity contribution in [2.45, 2.75) is 13.8 Å². The minimum Gasteiger partial charge on any atom is -0.505 e. The van der Waals surface area contributed by atoms with Crippen LogP contribution in [-0.2, 0) is 21.4 Å². The van der Waals surface area contributed by atoms with Crippen LogP contribution in [0.4, 0.5) is 5.82 Å². The molecule has 0 fully saturated rings. The summed E-state index contributed by atoms with van der Waals surface area (Å²) in [6, 6.07) is 0. The lowest BCUT2D eigenvalue weighted by Crippen LogP contribution is -2.17. The first-order valence-corrected chi connectivity index (χ1v) is 5.58. The summed E-state index contributed by atoms with van der Waals surface area (Å²) >= 11 is 0. The van der Waals surface area contributed by atoms with Gasteiger partial charge in [-0.3, -0.25) is 4.79 Å². The Morgan fingerprint density at radius 1 is 1.55 bits per heavy atom. The van der Waals surface area contributed by atoms with Crippen LogP contribution in [0.25, 0.3) is 5.76 Å². The molecule has 0 amide bonds. The SMILES string of the molecule is CCOC(=O)/C(C(C)=O)=C(\O)c1c([N+](=O)[O-])ncn1C. The molecule has 0 aliphatic heterocycles. The number of hydrogen-bond donors (Lipinski definition) is 1. The maximum absolute atomic E-state index is 11.7. The largest absolute Gasteiger partial charge is 0.505 e. The monoisotopic (exact) mass is 283 g/mol. The molecule has 0 aliphatic rings. The minimum absolute atomic E-state index is 0.00360. The Labute approximate surface area is 113 Å². The van der Waals surface area contributed by atoms with Crippen LogP contribution in [0.3, 0.4) is 0 Å². The van der Waals surface area contributed by atoms with Gasteiger partial charge in [-0.1, -0.05) is 0 Å². The van der Waals surface area contributed by atoms with E-state index in [9.17, 15) is 24.8 Å². The van der Waals surface area contributed by atoms with E-state index in [4.69, 9.17) is 0 Å². The quantitative estimate of drug-likeness (QED) is 0.161. The van der Waals surface area contributed by atoms with E-state index >= 15 is 0 Å². The van der Waals surface area contributed by atoms with Crippen molar-refractivity contribution in [3.63, 3.8) is 0 Å². The van der Waals surface area contributed by atoms with Crippen molar-refractivity contribution >= 4 is 23.3 Å². The smallest absolute Gasteiger partial charge is 0.393 e. The van der Waals surface area contributed by atoms with Crippen LogP contribution in [0.5, 0.6) is 0 Å². The summed E-state index contributed by atoms with van der Waals surface area (Å²) in [7, 11) is 1.38. The van der Waals surface area contributed by atoms with E-state index in [1.54, 1.807) is 0 Å². The number of hydrogen-bond acceptors (Lipinski definition) is 7. The second kappa shape index (κ2) is 5.95. The minimum atomic E-state index is -1.05. The van der Waals surface area contributed by atoms with E-state index in [1.165, 1.54) is 14.0 Å². The average Bonchev–Trinajstić information content (AvgIpc) is 2.71. The zero-order valence-electron chi connectivity index (χ0n) is 11.1. The number of aromatic nitrogens is 2. The highest BCUT2D eigenvalue weighted by Gasteiger charge is 2.30. The molecule has 0 aliphatic carbocycles. The van der Waals surface area contributed by atoms with Crippen molar-refractivity contribution in [3.05, 3.63) is 27.7 Å². The number of imidazole rings is 1. The second-order valence-electron chi connectivity index (χ2n) is 3.79. The van der Waals surface area contributed by atoms with Gasteiger partial charge in [0, 0.05) is 7.05 Å². The summed E-state index contributed by atoms with van der Waals surface area (Å²) < 4.78 is 5.78. The fraction of sp³-hybridized carbons (Fsp3) is 0.364. The molecule has 9 heteroatoms. The van der Waals surface area contributed by atoms with Gasteiger partial charge in [0.15, 0.2) is 17.2 Å². The lowest BCUT2D eigenvalue weighted by Gasteiger charge is -2.07. The Hall–Kier alpha value is -2.71. The fourth-order valence-electron chi connectivity index (χ4n) is 1.55. The van der Waals surface area contributed by atoms with Crippen molar-refractivity contribution in [1.29, 1.82) is 0 Å². The third-order valence-electron chi connectivity index (χ3n) is 2.38. The van der Waals surface area contributed by atoms with Gasteiger partial charge in [0.1, 0.15) is 5.57 Å². The maximum Gasteiger partial charge on any atom is 0.393 e. The number of carbonyl (C=O) groups is 2. The fourth-order valence-corrected chi connectivity index (χ4v) is 1.55. The number of Topliss-reactive ketones (excluding diaryl/α,β-unsaturated/α-hetero) is 1. The third-order valence-corrected chi connectivity index (χ3v) is 2.38. The molecule has 0 radical (unpaired) electrons. The number of ketones is 1. The predicted molar refractivity (Wildman–Crippen MR) is 66.7 cm³/mol.